The highest BCUT2D eigenvalue weighted by atomic mass is 19.1. The van der Waals surface area contributed by atoms with Crippen molar-refractivity contribution in [3.05, 3.63) is 110 Å². The molecular formula is C26H17F3O5. The molecule has 3 aromatic rings. The number of hydrogen-bond acceptors (Lipinski definition) is 5. The molecule has 0 radical (unpaired) electrons. The van der Waals surface area contributed by atoms with Gasteiger partial charge in [-0.3, -0.25) is 0 Å². The summed E-state index contributed by atoms with van der Waals surface area (Å²) in [7, 11) is 0. The van der Waals surface area contributed by atoms with Gasteiger partial charge in [0.1, 0.15) is 29.9 Å². The quantitative estimate of drug-likeness (QED) is 0.174. The van der Waals surface area contributed by atoms with Crippen molar-refractivity contribution in [3.63, 3.8) is 0 Å². The van der Waals surface area contributed by atoms with Gasteiger partial charge in [0.15, 0.2) is 11.6 Å². The van der Waals surface area contributed by atoms with Crippen LogP contribution in [0.1, 0.15) is 0 Å². The van der Waals surface area contributed by atoms with E-state index in [0.717, 1.165) is 42.9 Å². The van der Waals surface area contributed by atoms with Gasteiger partial charge in [0, 0.05) is 29.3 Å². The van der Waals surface area contributed by atoms with Crippen LogP contribution in [0.5, 0.6) is 11.5 Å². The van der Waals surface area contributed by atoms with Crippen molar-refractivity contribution < 1.29 is 37.0 Å². The van der Waals surface area contributed by atoms with Gasteiger partial charge < -0.3 is 14.2 Å². The predicted molar refractivity (Wildman–Crippen MR) is 119 cm³/mol. The number of rotatable bonds is 8. The summed E-state index contributed by atoms with van der Waals surface area (Å²) in [5.74, 6) is -3.85. The summed E-state index contributed by atoms with van der Waals surface area (Å²) in [6.07, 6.45) is 3.78. The molecule has 8 heteroatoms. The fourth-order valence-electron chi connectivity index (χ4n) is 2.88. The Hall–Kier alpha value is -4.59. The van der Waals surface area contributed by atoms with Crippen molar-refractivity contribution in [2.75, 3.05) is 0 Å². The maximum Gasteiger partial charge on any atom is 0.335 e. The fourth-order valence-corrected chi connectivity index (χ4v) is 2.88. The number of hydrogen-bond donors (Lipinski definition) is 0. The van der Waals surface area contributed by atoms with E-state index in [4.69, 9.17) is 9.47 Å². The van der Waals surface area contributed by atoms with Crippen LogP contribution < -0.4 is 9.47 Å². The second kappa shape index (κ2) is 10.8. The summed E-state index contributed by atoms with van der Waals surface area (Å²) >= 11 is 0. The topological polar surface area (TPSA) is 61.8 Å². The summed E-state index contributed by atoms with van der Waals surface area (Å²) < 4.78 is 58.1. The molecule has 0 atom stereocenters. The molecule has 0 N–H and O–H groups in total. The van der Waals surface area contributed by atoms with Gasteiger partial charge in [-0.05, 0) is 41.5 Å². The Kier molecular flexibility index (Phi) is 7.66. The Morgan fingerprint density at radius 3 is 1.88 bits per heavy atom. The second-order valence-corrected chi connectivity index (χ2v) is 6.64. The van der Waals surface area contributed by atoms with Crippen LogP contribution in [-0.2, 0) is 14.3 Å². The molecule has 172 valence electrons. The summed E-state index contributed by atoms with van der Waals surface area (Å²) in [6, 6.07) is 11.5. The van der Waals surface area contributed by atoms with E-state index in [0.29, 0.717) is 0 Å². The largest absolute Gasteiger partial charge is 0.459 e. The molecule has 0 heterocycles. The first-order chi connectivity index (χ1) is 16.3. The SMILES string of the molecule is C=CC(=O)OC=COc1ccc(-c2ccc(-c3ccc(OC(=O)C=C)cc3F)cc2F)cc1F. The molecule has 0 saturated heterocycles. The lowest BCUT2D eigenvalue weighted by atomic mass is 9.99. The van der Waals surface area contributed by atoms with Crippen molar-refractivity contribution in [1.29, 1.82) is 0 Å². The molecule has 0 aliphatic heterocycles. The fraction of sp³-hybridized carbons (Fsp3) is 0. The van der Waals surface area contributed by atoms with E-state index < -0.39 is 29.4 Å². The normalized spacial score (nSPS) is 10.6. The van der Waals surface area contributed by atoms with Crippen molar-refractivity contribution in [1.82, 2.24) is 0 Å². The minimum atomic E-state index is -0.781. The predicted octanol–water partition coefficient (Wildman–Crippen LogP) is 6.11. The third kappa shape index (κ3) is 5.80. The smallest absolute Gasteiger partial charge is 0.335 e. The van der Waals surface area contributed by atoms with E-state index in [1.54, 1.807) is 0 Å². The summed E-state index contributed by atoms with van der Waals surface area (Å²) in [4.78, 5) is 22.2. The first kappa shape index (κ1) is 24.1. The number of halogens is 3. The molecule has 3 rings (SSSR count). The zero-order valence-electron chi connectivity index (χ0n) is 17.6. The van der Waals surface area contributed by atoms with Gasteiger partial charge in [-0.25, -0.2) is 22.8 Å². The van der Waals surface area contributed by atoms with E-state index in [-0.39, 0.29) is 33.8 Å². The minimum absolute atomic E-state index is 0.0188. The molecule has 5 nitrogen and oxygen atoms in total. The van der Waals surface area contributed by atoms with Crippen LogP contribution in [0.2, 0.25) is 0 Å². The van der Waals surface area contributed by atoms with Crippen LogP contribution in [0, 0.1) is 17.5 Å². The van der Waals surface area contributed by atoms with Crippen LogP contribution in [0.4, 0.5) is 13.2 Å². The summed E-state index contributed by atoms with van der Waals surface area (Å²) in [5.41, 5.74) is 0.632. The number of benzene rings is 3. The molecule has 3 aromatic carbocycles. The molecule has 0 unspecified atom stereocenters. The average Bonchev–Trinajstić information content (AvgIpc) is 2.82. The number of ether oxygens (including phenoxy) is 3. The van der Waals surface area contributed by atoms with Crippen molar-refractivity contribution in [2.45, 2.75) is 0 Å². The average molecular weight is 466 g/mol. The zero-order chi connectivity index (χ0) is 24.7. The molecule has 34 heavy (non-hydrogen) atoms. The minimum Gasteiger partial charge on any atom is -0.459 e. The van der Waals surface area contributed by atoms with Crippen LogP contribution in [0.3, 0.4) is 0 Å². The molecule has 0 aliphatic carbocycles. The van der Waals surface area contributed by atoms with Crippen LogP contribution in [-0.4, -0.2) is 11.9 Å². The monoisotopic (exact) mass is 466 g/mol. The first-order valence-corrected chi connectivity index (χ1v) is 9.70. The zero-order valence-corrected chi connectivity index (χ0v) is 17.6. The van der Waals surface area contributed by atoms with Crippen LogP contribution in [0.25, 0.3) is 22.3 Å². The van der Waals surface area contributed by atoms with Gasteiger partial charge in [0.05, 0.1) is 0 Å². The van der Waals surface area contributed by atoms with Crippen molar-refractivity contribution >= 4 is 11.9 Å². The Bertz CT molecular complexity index is 1300. The first-order valence-electron chi connectivity index (χ1n) is 9.70. The highest BCUT2D eigenvalue weighted by Crippen LogP contribution is 2.32. The Morgan fingerprint density at radius 2 is 1.29 bits per heavy atom. The lowest BCUT2D eigenvalue weighted by Crippen LogP contribution is -2.03. The van der Waals surface area contributed by atoms with E-state index in [1.807, 2.05) is 0 Å². The Balaban J connectivity index is 1.79. The Labute approximate surface area is 193 Å². The lowest BCUT2D eigenvalue weighted by molar-refractivity contribution is -0.132. The third-order valence-corrected chi connectivity index (χ3v) is 4.45. The maximum atomic E-state index is 14.8. The van der Waals surface area contributed by atoms with Gasteiger partial charge in [-0.1, -0.05) is 31.4 Å². The molecule has 0 saturated carbocycles. The van der Waals surface area contributed by atoms with Gasteiger partial charge in [0.2, 0.25) is 0 Å². The van der Waals surface area contributed by atoms with Gasteiger partial charge in [-0.2, -0.15) is 0 Å². The number of carbonyl (C=O) groups is 2. The standard InChI is InChI=1S/C26H17F3O5/c1-3-25(30)33-12-11-32-24-10-6-17(14-23(24)29)19-8-5-16(13-21(19)27)20-9-7-18(15-22(20)28)34-26(31)4-2/h3-15H,1-2H2. The highest BCUT2D eigenvalue weighted by Gasteiger charge is 2.14. The lowest BCUT2D eigenvalue weighted by Gasteiger charge is -2.10. The highest BCUT2D eigenvalue weighted by molar-refractivity contribution is 5.83. The van der Waals surface area contributed by atoms with Crippen LogP contribution >= 0.6 is 0 Å². The maximum absolute atomic E-state index is 14.8. The molecule has 0 aliphatic rings. The summed E-state index contributed by atoms with van der Waals surface area (Å²) in [5, 5.41) is 0. The molecule has 0 aromatic heterocycles. The van der Waals surface area contributed by atoms with Gasteiger partial charge in [0.25, 0.3) is 0 Å². The number of carbonyl (C=O) groups excluding carboxylic acids is 2. The summed E-state index contributed by atoms with van der Waals surface area (Å²) in [6.45, 7) is 6.48. The van der Waals surface area contributed by atoms with E-state index in [9.17, 15) is 22.8 Å². The van der Waals surface area contributed by atoms with Gasteiger partial charge >= 0.3 is 11.9 Å². The Morgan fingerprint density at radius 1 is 0.706 bits per heavy atom. The molecule has 0 spiro atoms. The van der Waals surface area contributed by atoms with Crippen LogP contribution in [0.15, 0.2) is 92.4 Å². The molecule has 0 fully saturated rings. The van der Waals surface area contributed by atoms with Gasteiger partial charge in [-0.15, -0.1) is 0 Å². The molecule has 0 amide bonds. The molecule has 0 bridgehead atoms. The molecular weight excluding hydrogens is 449 g/mol. The second-order valence-electron chi connectivity index (χ2n) is 6.64. The van der Waals surface area contributed by atoms with E-state index in [2.05, 4.69) is 17.9 Å². The van der Waals surface area contributed by atoms with E-state index >= 15 is 0 Å². The van der Waals surface area contributed by atoms with Crippen molar-refractivity contribution in [2.24, 2.45) is 0 Å². The number of esters is 2. The van der Waals surface area contributed by atoms with Crippen molar-refractivity contribution in [3.8, 4) is 33.8 Å². The third-order valence-electron chi connectivity index (χ3n) is 4.45. The van der Waals surface area contributed by atoms with E-state index in [1.165, 1.54) is 36.4 Å².